The maximum Gasteiger partial charge on any atom is 0.228 e. The molecule has 0 atom stereocenters. The Morgan fingerprint density at radius 3 is 2.41 bits per heavy atom. The number of hydrogen-bond acceptors (Lipinski definition) is 6. The summed E-state index contributed by atoms with van der Waals surface area (Å²) in [5.74, 6) is 0.641. The van der Waals surface area contributed by atoms with Gasteiger partial charge in [-0.1, -0.05) is 47.1 Å². The molecule has 0 aliphatic heterocycles. The van der Waals surface area contributed by atoms with Crippen molar-refractivity contribution < 1.29 is 4.52 Å². The first kappa shape index (κ1) is 17.0. The Bertz CT molecular complexity index is 1050. The van der Waals surface area contributed by atoms with E-state index in [4.69, 9.17) is 4.52 Å². The molecule has 0 aliphatic carbocycles. The van der Waals surface area contributed by atoms with E-state index < -0.39 is 0 Å². The van der Waals surface area contributed by atoms with Gasteiger partial charge in [-0.2, -0.15) is 0 Å². The molecule has 2 aromatic heterocycles. The molecule has 0 radical (unpaired) electrons. The summed E-state index contributed by atoms with van der Waals surface area (Å²) in [6, 6.07) is 16.5. The van der Waals surface area contributed by atoms with Crippen molar-refractivity contribution in [1.29, 1.82) is 0 Å². The van der Waals surface area contributed by atoms with E-state index in [1.807, 2.05) is 38.4 Å². The van der Waals surface area contributed by atoms with Crippen molar-refractivity contribution in [3.8, 4) is 11.3 Å². The van der Waals surface area contributed by atoms with E-state index in [2.05, 4.69) is 56.5 Å². The van der Waals surface area contributed by atoms with Crippen LogP contribution in [0, 0.1) is 6.92 Å². The summed E-state index contributed by atoms with van der Waals surface area (Å²) in [6.45, 7) is 2.69. The van der Waals surface area contributed by atoms with Gasteiger partial charge >= 0.3 is 0 Å². The molecule has 6 nitrogen and oxygen atoms in total. The Morgan fingerprint density at radius 1 is 0.963 bits per heavy atom. The molecule has 0 amide bonds. The maximum absolute atomic E-state index is 5.56. The number of nitrogens with one attached hydrogen (secondary N) is 1. The number of benzene rings is 2. The van der Waals surface area contributed by atoms with Crippen LogP contribution >= 0.6 is 0 Å². The molecule has 2 heterocycles. The minimum atomic E-state index is 0.568. The van der Waals surface area contributed by atoms with Crippen LogP contribution in [0.15, 0.2) is 59.4 Å². The summed E-state index contributed by atoms with van der Waals surface area (Å²) in [4.78, 5) is 10.8. The van der Waals surface area contributed by atoms with E-state index in [9.17, 15) is 0 Å². The molecule has 1 N–H and O–H groups in total. The van der Waals surface area contributed by atoms with Gasteiger partial charge < -0.3 is 14.7 Å². The van der Waals surface area contributed by atoms with Gasteiger partial charge in [0.05, 0.1) is 0 Å². The molecule has 0 bridgehead atoms. The van der Waals surface area contributed by atoms with Gasteiger partial charge in [-0.3, -0.25) is 0 Å². The van der Waals surface area contributed by atoms with Crippen LogP contribution in [-0.2, 0) is 6.54 Å². The topological polar surface area (TPSA) is 67.1 Å². The fourth-order valence-corrected chi connectivity index (χ4v) is 2.89. The average Bonchev–Trinajstić information content (AvgIpc) is 3.12. The molecular formula is C21H21N5O. The van der Waals surface area contributed by atoms with Crippen LogP contribution in [0.5, 0.6) is 0 Å². The average molecular weight is 359 g/mol. The van der Waals surface area contributed by atoms with Crippen molar-refractivity contribution in [2.75, 3.05) is 24.3 Å². The van der Waals surface area contributed by atoms with Crippen molar-refractivity contribution >= 4 is 22.6 Å². The highest BCUT2D eigenvalue weighted by atomic mass is 16.5. The van der Waals surface area contributed by atoms with Gasteiger partial charge in [0.25, 0.3) is 0 Å². The first-order valence-corrected chi connectivity index (χ1v) is 8.79. The van der Waals surface area contributed by atoms with Gasteiger partial charge in [0.15, 0.2) is 5.82 Å². The molecule has 4 rings (SSSR count). The van der Waals surface area contributed by atoms with Crippen molar-refractivity contribution in [2.24, 2.45) is 0 Å². The third kappa shape index (κ3) is 3.46. The van der Waals surface area contributed by atoms with Crippen LogP contribution in [0.3, 0.4) is 0 Å². The van der Waals surface area contributed by atoms with Crippen molar-refractivity contribution in [3.05, 3.63) is 66.0 Å². The number of nitrogens with zero attached hydrogens (tertiary/aromatic N) is 4. The predicted molar refractivity (Wildman–Crippen MR) is 108 cm³/mol. The van der Waals surface area contributed by atoms with Gasteiger partial charge in [0.2, 0.25) is 5.58 Å². The van der Waals surface area contributed by atoms with E-state index in [1.54, 1.807) is 0 Å². The second-order valence-electron chi connectivity index (χ2n) is 6.71. The minimum absolute atomic E-state index is 0.568. The summed E-state index contributed by atoms with van der Waals surface area (Å²) in [5, 5.41) is 7.55. The van der Waals surface area contributed by atoms with Gasteiger partial charge in [-0.25, -0.2) is 9.97 Å². The van der Waals surface area contributed by atoms with E-state index in [0.29, 0.717) is 23.5 Å². The number of rotatable bonds is 5. The zero-order chi connectivity index (χ0) is 18.8. The normalized spacial score (nSPS) is 10.9. The van der Waals surface area contributed by atoms with Gasteiger partial charge in [-0.15, -0.1) is 0 Å². The van der Waals surface area contributed by atoms with Crippen LogP contribution in [-0.4, -0.2) is 29.2 Å². The Morgan fingerprint density at radius 2 is 1.70 bits per heavy atom. The molecule has 0 spiro atoms. The summed E-state index contributed by atoms with van der Waals surface area (Å²) < 4.78 is 5.56. The standard InChI is InChI=1S/C21H21N5O/c1-14-4-8-16(9-5-14)18-19-20(27-25-18)21(24-13-23-19)22-12-15-6-10-17(11-7-15)26(2)3/h4-11,13H,12H2,1-3H3,(H,22,23,24). The zero-order valence-electron chi connectivity index (χ0n) is 15.6. The molecular weight excluding hydrogens is 338 g/mol. The van der Waals surface area contributed by atoms with Gasteiger partial charge in [0, 0.05) is 31.9 Å². The first-order valence-electron chi connectivity index (χ1n) is 8.79. The fraction of sp³-hybridized carbons (Fsp3) is 0.190. The van der Waals surface area contributed by atoms with E-state index in [0.717, 1.165) is 16.8 Å². The third-order valence-corrected chi connectivity index (χ3v) is 4.49. The molecule has 27 heavy (non-hydrogen) atoms. The van der Waals surface area contributed by atoms with E-state index >= 15 is 0 Å². The smallest absolute Gasteiger partial charge is 0.228 e. The lowest BCUT2D eigenvalue weighted by atomic mass is 10.1. The molecule has 6 heteroatoms. The Labute approximate surface area is 157 Å². The predicted octanol–water partition coefficient (Wildman–Crippen LogP) is 4.27. The summed E-state index contributed by atoms with van der Waals surface area (Å²) in [6.07, 6.45) is 1.54. The lowest BCUT2D eigenvalue weighted by Crippen LogP contribution is -2.08. The van der Waals surface area contributed by atoms with Crippen LogP contribution < -0.4 is 10.2 Å². The second kappa shape index (κ2) is 7.07. The number of fused-ring (bicyclic) bond motifs is 1. The highest BCUT2D eigenvalue weighted by Gasteiger charge is 2.16. The van der Waals surface area contributed by atoms with Gasteiger partial charge in [-0.05, 0) is 24.6 Å². The molecule has 136 valence electrons. The highest BCUT2D eigenvalue weighted by molar-refractivity contribution is 5.93. The minimum Gasteiger partial charge on any atom is -0.378 e. The highest BCUT2D eigenvalue weighted by Crippen LogP contribution is 2.29. The molecule has 0 fully saturated rings. The number of hydrogen-bond donors (Lipinski definition) is 1. The molecule has 0 unspecified atom stereocenters. The summed E-state index contributed by atoms with van der Waals surface area (Å²) in [5.41, 5.74) is 6.50. The maximum atomic E-state index is 5.56. The van der Waals surface area contributed by atoms with Crippen LogP contribution in [0.25, 0.3) is 22.4 Å². The lowest BCUT2D eigenvalue weighted by Gasteiger charge is -2.13. The van der Waals surface area contributed by atoms with Crippen molar-refractivity contribution in [3.63, 3.8) is 0 Å². The summed E-state index contributed by atoms with van der Waals surface area (Å²) >= 11 is 0. The molecule has 2 aromatic carbocycles. The fourth-order valence-electron chi connectivity index (χ4n) is 2.89. The van der Waals surface area contributed by atoms with Crippen LogP contribution in [0.2, 0.25) is 0 Å². The Kier molecular flexibility index (Phi) is 4.46. The largest absolute Gasteiger partial charge is 0.378 e. The monoisotopic (exact) mass is 359 g/mol. The van der Waals surface area contributed by atoms with E-state index in [-0.39, 0.29) is 0 Å². The lowest BCUT2D eigenvalue weighted by molar-refractivity contribution is 0.459. The van der Waals surface area contributed by atoms with E-state index in [1.165, 1.54) is 17.6 Å². The molecule has 0 saturated carbocycles. The quantitative estimate of drug-likeness (QED) is 0.574. The van der Waals surface area contributed by atoms with Crippen LogP contribution in [0.1, 0.15) is 11.1 Å². The zero-order valence-corrected chi connectivity index (χ0v) is 15.6. The molecule has 4 aromatic rings. The van der Waals surface area contributed by atoms with Gasteiger partial charge in [0.1, 0.15) is 17.5 Å². The summed E-state index contributed by atoms with van der Waals surface area (Å²) in [7, 11) is 4.06. The van der Waals surface area contributed by atoms with Crippen molar-refractivity contribution in [2.45, 2.75) is 13.5 Å². The Hall–Kier alpha value is -3.41. The number of aromatic nitrogens is 3. The second-order valence-corrected chi connectivity index (χ2v) is 6.71. The molecule has 0 aliphatic rings. The third-order valence-electron chi connectivity index (χ3n) is 4.49. The number of aryl methyl sites for hydroxylation is 1. The molecule has 0 saturated heterocycles. The van der Waals surface area contributed by atoms with Crippen LogP contribution in [0.4, 0.5) is 11.5 Å². The SMILES string of the molecule is Cc1ccc(-c2noc3c(NCc4ccc(N(C)C)cc4)ncnc23)cc1. The number of anilines is 2. The Balaban J connectivity index is 1.58. The first-order chi connectivity index (χ1) is 13.1. The van der Waals surface area contributed by atoms with Crippen molar-refractivity contribution in [1.82, 2.24) is 15.1 Å².